The van der Waals surface area contributed by atoms with E-state index >= 15 is 0 Å². The lowest BCUT2D eigenvalue weighted by Crippen LogP contribution is -2.46. The standard InChI is InChI=1S/C19H18N6S/c20-12-16-19(22-7-6-21-16)25-10-8-24(9-11-25)13-18-23-17(14-26-18)15-4-2-1-3-5-15/h1-7,14H,8-11,13H2. The van der Waals surface area contributed by atoms with Gasteiger partial charge in [0.2, 0.25) is 0 Å². The first-order valence-electron chi connectivity index (χ1n) is 8.52. The molecule has 0 radical (unpaired) electrons. The molecule has 1 fully saturated rings. The van der Waals surface area contributed by atoms with Crippen LogP contribution in [0.1, 0.15) is 10.7 Å². The molecule has 3 aromatic rings. The first-order chi connectivity index (χ1) is 12.8. The van der Waals surface area contributed by atoms with Gasteiger partial charge in [-0.1, -0.05) is 30.3 Å². The topological polar surface area (TPSA) is 68.9 Å². The van der Waals surface area contributed by atoms with Crippen molar-refractivity contribution in [2.45, 2.75) is 6.54 Å². The number of hydrogen-bond acceptors (Lipinski definition) is 7. The first-order valence-corrected chi connectivity index (χ1v) is 9.39. The van der Waals surface area contributed by atoms with Crippen molar-refractivity contribution >= 4 is 17.2 Å². The van der Waals surface area contributed by atoms with Crippen LogP contribution in [0.25, 0.3) is 11.3 Å². The number of aromatic nitrogens is 3. The highest BCUT2D eigenvalue weighted by atomic mass is 32.1. The van der Waals surface area contributed by atoms with Gasteiger partial charge in [0.25, 0.3) is 0 Å². The van der Waals surface area contributed by atoms with Gasteiger partial charge >= 0.3 is 0 Å². The quantitative estimate of drug-likeness (QED) is 0.711. The fourth-order valence-electron chi connectivity index (χ4n) is 3.08. The third kappa shape index (κ3) is 3.57. The van der Waals surface area contributed by atoms with E-state index in [1.807, 2.05) is 18.2 Å². The van der Waals surface area contributed by atoms with E-state index in [4.69, 9.17) is 4.98 Å². The molecule has 1 saturated heterocycles. The molecule has 0 aliphatic carbocycles. The predicted octanol–water partition coefficient (Wildman–Crippen LogP) is 2.79. The van der Waals surface area contributed by atoms with Crippen LogP contribution in [0.3, 0.4) is 0 Å². The summed E-state index contributed by atoms with van der Waals surface area (Å²) in [4.78, 5) is 17.7. The third-order valence-electron chi connectivity index (χ3n) is 4.44. The zero-order chi connectivity index (χ0) is 17.8. The van der Waals surface area contributed by atoms with Crippen LogP contribution in [0.2, 0.25) is 0 Å². The summed E-state index contributed by atoms with van der Waals surface area (Å²) < 4.78 is 0. The second-order valence-electron chi connectivity index (χ2n) is 6.10. The molecule has 0 bridgehead atoms. The van der Waals surface area contributed by atoms with E-state index in [1.165, 1.54) is 0 Å². The zero-order valence-electron chi connectivity index (χ0n) is 14.2. The minimum absolute atomic E-state index is 0.397. The van der Waals surface area contributed by atoms with E-state index in [9.17, 15) is 5.26 Å². The van der Waals surface area contributed by atoms with Crippen molar-refractivity contribution in [1.82, 2.24) is 19.9 Å². The summed E-state index contributed by atoms with van der Waals surface area (Å²) in [6.07, 6.45) is 3.20. The lowest BCUT2D eigenvalue weighted by Gasteiger charge is -2.34. The maximum Gasteiger partial charge on any atom is 0.183 e. The Hall–Kier alpha value is -2.82. The molecular formula is C19H18N6S. The van der Waals surface area contributed by atoms with Crippen molar-refractivity contribution in [2.24, 2.45) is 0 Å². The van der Waals surface area contributed by atoms with Gasteiger partial charge in [0.1, 0.15) is 11.1 Å². The Bertz CT molecular complexity index is 909. The maximum atomic E-state index is 9.20. The van der Waals surface area contributed by atoms with Gasteiger partial charge in [-0.2, -0.15) is 5.26 Å². The monoisotopic (exact) mass is 362 g/mol. The Kier molecular flexibility index (Phi) is 4.86. The van der Waals surface area contributed by atoms with E-state index in [0.717, 1.165) is 49.0 Å². The average molecular weight is 362 g/mol. The smallest absolute Gasteiger partial charge is 0.183 e. The van der Waals surface area contributed by atoms with Crippen molar-refractivity contribution in [3.8, 4) is 17.3 Å². The number of anilines is 1. The summed E-state index contributed by atoms with van der Waals surface area (Å²) in [6.45, 7) is 4.37. The van der Waals surface area contributed by atoms with Crippen molar-refractivity contribution in [2.75, 3.05) is 31.1 Å². The fourth-order valence-corrected chi connectivity index (χ4v) is 3.92. The molecule has 0 amide bonds. The molecule has 26 heavy (non-hydrogen) atoms. The van der Waals surface area contributed by atoms with Crippen molar-refractivity contribution < 1.29 is 0 Å². The Balaban J connectivity index is 1.37. The minimum Gasteiger partial charge on any atom is -0.352 e. The molecule has 0 N–H and O–H groups in total. The second kappa shape index (κ2) is 7.60. The van der Waals surface area contributed by atoms with E-state index in [2.05, 4.69) is 43.3 Å². The third-order valence-corrected chi connectivity index (χ3v) is 5.27. The summed E-state index contributed by atoms with van der Waals surface area (Å²) in [5.74, 6) is 0.690. The molecule has 0 spiro atoms. The first kappa shape index (κ1) is 16.6. The Morgan fingerprint density at radius 1 is 1.04 bits per heavy atom. The Morgan fingerprint density at radius 2 is 1.81 bits per heavy atom. The molecular weight excluding hydrogens is 344 g/mol. The number of hydrogen-bond donors (Lipinski definition) is 0. The highest BCUT2D eigenvalue weighted by Crippen LogP contribution is 2.23. The van der Waals surface area contributed by atoms with Crippen LogP contribution in [0, 0.1) is 11.3 Å². The zero-order valence-corrected chi connectivity index (χ0v) is 15.1. The molecule has 1 aromatic carbocycles. The lowest BCUT2D eigenvalue weighted by molar-refractivity contribution is 0.249. The van der Waals surface area contributed by atoms with Crippen LogP contribution in [0.4, 0.5) is 5.82 Å². The number of piperazine rings is 1. The second-order valence-corrected chi connectivity index (χ2v) is 7.04. The highest BCUT2D eigenvalue weighted by molar-refractivity contribution is 7.09. The number of rotatable bonds is 4. The van der Waals surface area contributed by atoms with Crippen LogP contribution in [-0.2, 0) is 6.54 Å². The number of nitrogens with zero attached hydrogens (tertiary/aromatic N) is 6. The SMILES string of the molecule is N#Cc1nccnc1N1CCN(Cc2nc(-c3ccccc3)cs2)CC1. The largest absolute Gasteiger partial charge is 0.352 e. The van der Waals surface area contributed by atoms with E-state index in [0.29, 0.717) is 11.5 Å². The van der Waals surface area contributed by atoms with Gasteiger partial charge < -0.3 is 4.90 Å². The summed E-state index contributed by atoms with van der Waals surface area (Å²) in [6, 6.07) is 12.4. The number of thiazole rings is 1. The normalized spacial score (nSPS) is 15.0. The van der Waals surface area contributed by atoms with Crippen LogP contribution >= 0.6 is 11.3 Å². The molecule has 1 aliphatic rings. The number of benzene rings is 1. The van der Waals surface area contributed by atoms with Crippen LogP contribution < -0.4 is 4.90 Å². The summed E-state index contributed by atoms with van der Waals surface area (Å²) >= 11 is 1.71. The highest BCUT2D eigenvalue weighted by Gasteiger charge is 2.21. The van der Waals surface area contributed by atoms with Gasteiger partial charge in [-0.3, -0.25) is 4.90 Å². The summed E-state index contributed by atoms with van der Waals surface area (Å²) in [5, 5.41) is 12.5. The molecule has 0 atom stereocenters. The summed E-state index contributed by atoms with van der Waals surface area (Å²) in [5.41, 5.74) is 2.60. The molecule has 1 aliphatic heterocycles. The number of nitriles is 1. The average Bonchev–Trinajstić information content (AvgIpc) is 3.18. The van der Waals surface area contributed by atoms with Crippen LogP contribution in [0.5, 0.6) is 0 Å². The van der Waals surface area contributed by atoms with Crippen molar-refractivity contribution in [3.05, 3.63) is 58.8 Å². The van der Waals surface area contributed by atoms with E-state index < -0.39 is 0 Å². The Labute approximate surface area is 156 Å². The van der Waals surface area contributed by atoms with Gasteiger partial charge in [-0.05, 0) is 0 Å². The molecule has 130 valence electrons. The minimum atomic E-state index is 0.397. The van der Waals surface area contributed by atoms with Gasteiger partial charge in [0.15, 0.2) is 11.5 Å². The van der Waals surface area contributed by atoms with Crippen molar-refractivity contribution in [1.29, 1.82) is 5.26 Å². The van der Waals surface area contributed by atoms with E-state index in [-0.39, 0.29) is 0 Å². The molecule has 0 saturated carbocycles. The maximum absolute atomic E-state index is 9.20. The lowest BCUT2D eigenvalue weighted by atomic mass is 10.2. The molecule has 6 nitrogen and oxygen atoms in total. The molecule has 0 unspecified atom stereocenters. The van der Waals surface area contributed by atoms with Crippen molar-refractivity contribution in [3.63, 3.8) is 0 Å². The van der Waals surface area contributed by atoms with Gasteiger partial charge in [0.05, 0.1) is 12.2 Å². The predicted molar refractivity (Wildman–Crippen MR) is 102 cm³/mol. The fraction of sp³-hybridized carbons (Fsp3) is 0.263. The van der Waals surface area contributed by atoms with Crippen LogP contribution in [-0.4, -0.2) is 46.0 Å². The van der Waals surface area contributed by atoms with Gasteiger partial charge in [-0.15, -0.1) is 11.3 Å². The van der Waals surface area contributed by atoms with Crippen LogP contribution in [0.15, 0.2) is 48.1 Å². The molecule has 3 heterocycles. The molecule has 2 aromatic heterocycles. The molecule has 7 heteroatoms. The van der Waals surface area contributed by atoms with Gasteiger partial charge in [-0.25, -0.2) is 15.0 Å². The Morgan fingerprint density at radius 3 is 2.58 bits per heavy atom. The van der Waals surface area contributed by atoms with Gasteiger partial charge in [0, 0.05) is 49.5 Å². The molecule has 4 rings (SSSR count). The summed E-state index contributed by atoms with van der Waals surface area (Å²) in [7, 11) is 0. The van der Waals surface area contributed by atoms with E-state index in [1.54, 1.807) is 23.7 Å².